The van der Waals surface area contributed by atoms with Crippen LogP contribution >= 0.6 is 0 Å². The lowest BCUT2D eigenvalue weighted by Crippen LogP contribution is -2.48. The van der Waals surface area contributed by atoms with Crippen molar-refractivity contribution in [1.29, 1.82) is 0 Å². The summed E-state index contributed by atoms with van der Waals surface area (Å²) >= 11 is 0. The number of imide groups is 1. The zero-order valence-corrected chi connectivity index (χ0v) is 18.5. The van der Waals surface area contributed by atoms with Gasteiger partial charge in [-0.15, -0.1) is 0 Å². The summed E-state index contributed by atoms with van der Waals surface area (Å²) in [6.07, 6.45) is 2.79. The van der Waals surface area contributed by atoms with Crippen LogP contribution in [-0.4, -0.2) is 67.4 Å². The third-order valence-corrected chi connectivity index (χ3v) is 6.22. The van der Waals surface area contributed by atoms with Gasteiger partial charge in [-0.2, -0.15) is 0 Å². The van der Waals surface area contributed by atoms with Gasteiger partial charge in [0.25, 0.3) is 11.8 Å². The van der Waals surface area contributed by atoms with E-state index in [0.29, 0.717) is 30.5 Å². The Labute approximate surface area is 188 Å². The van der Waals surface area contributed by atoms with Crippen molar-refractivity contribution in [2.75, 3.05) is 44.7 Å². The molecule has 168 valence electrons. The van der Waals surface area contributed by atoms with Crippen LogP contribution in [0.15, 0.2) is 48.5 Å². The van der Waals surface area contributed by atoms with Crippen LogP contribution in [0.5, 0.6) is 5.75 Å². The molecule has 7 heteroatoms. The molecule has 1 saturated heterocycles. The van der Waals surface area contributed by atoms with Gasteiger partial charge in [-0.25, -0.2) is 0 Å². The lowest BCUT2D eigenvalue weighted by atomic mass is 10.1. The Kier molecular flexibility index (Phi) is 6.73. The molecule has 4 rings (SSSR count). The molecule has 0 unspecified atom stereocenters. The highest BCUT2D eigenvalue weighted by atomic mass is 16.5. The van der Waals surface area contributed by atoms with Crippen LogP contribution < -0.4 is 9.64 Å². The van der Waals surface area contributed by atoms with E-state index >= 15 is 0 Å². The molecule has 0 N–H and O–H groups in total. The highest BCUT2D eigenvalue weighted by molar-refractivity contribution is 6.21. The summed E-state index contributed by atoms with van der Waals surface area (Å²) < 4.78 is 5.21. The number of hydrogen-bond acceptors (Lipinski definition) is 5. The lowest BCUT2D eigenvalue weighted by Gasteiger charge is -2.36. The molecule has 2 aliphatic rings. The monoisotopic (exact) mass is 435 g/mol. The summed E-state index contributed by atoms with van der Waals surface area (Å²) in [4.78, 5) is 42.9. The van der Waals surface area contributed by atoms with Gasteiger partial charge in [0.05, 0.1) is 18.2 Å². The summed E-state index contributed by atoms with van der Waals surface area (Å²) in [6, 6.07) is 14.9. The number of piperazine rings is 1. The second-order valence-corrected chi connectivity index (χ2v) is 8.18. The quantitative estimate of drug-likeness (QED) is 0.470. The number of unbranched alkanes of at least 4 members (excludes halogenated alkanes) is 2. The van der Waals surface area contributed by atoms with E-state index in [4.69, 9.17) is 4.74 Å². The molecule has 0 aromatic heterocycles. The fourth-order valence-electron chi connectivity index (χ4n) is 4.33. The molecular weight excluding hydrogens is 406 g/mol. The SMILES string of the molecule is COc1ccc(N2CCN(C(=O)CCCCCN3C(=O)c4ccccc4C3=O)CC2)cc1. The number of hydrogen-bond donors (Lipinski definition) is 0. The summed E-state index contributed by atoms with van der Waals surface area (Å²) in [5.41, 5.74) is 2.12. The van der Waals surface area contributed by atoms with Crippen LogP contribution in [0.4, 0.5) is 5.69 Å². The highest BCUT2D eigenvalue weighted by Crippen LogP contribution is 2.23. The van der Waals surface area contributed by atoms with Crippen molar-refractivity contribution < 1.29 is 19.1 Å². The maximum atomic E-state index is 12.6. The normalized spacial score (nSPS) is 15.8. The van der Waals surface area contributed by atoms with Gasteiger partial charge in [-0.1, -0.05) is 18.6 Å². The summed E-state index contributed by atoms with van der Waals surface area (Å²) in [6.45, 7) is 3.48. The van der Waals surface area contributed by atoms with E-state index in [0.717, 1.165) is 50.5 Å². The minimum atomic E-state index is -0.212. The molecule has 2 aromatic rings. The van der Waals surface area contributed by atoms with E-state index in [1.54, 1.807) is 31.4 Å². The minimum absolute atomic E-state index is 0.181. The van der Waals surface area contributed by atoms with Gasteiger partial charge in [0.15, 0.2) is 0 Å². The third-order valence-electron chi connectivity index (χ3n) is 6.22. The third kappa shape index (κ3) is 4.61. The van der Waals surface area contributed by atoms with E-state index in [1.807, 2.05) is 29.2 Å². The zero-order chi connectivity index (χ0) is 22.5. The van der Waals surface area contributed by atoms with Crippen LogP contribution in [0.2, 0.25) is 0 Å². The van der Waals surface area contributed by atoms with Crippen molar-refractivity contribution >= 4 is 23.4 Å². The van der Waals surface area contributed by atoms with Crippen molar-refractivity contribution in [1.82, 2.24) is 9.80 Å². The molecule has 0 radical (unpaired) electrons. The number of amides is 3. The van der Waals surface area contributed by atoms with E-state index in [9.17, 15) is 14.4 Å². The molecule has 32 heavy (non-hydrogen) atoms. The summed E-state index contributed by atoms with van der Waals surface area (Å²) in [5, 5.41) is 0. The van der Waals surface area contributed by atoms with E-state index in [2.05, 4.69) is 4.90 Å². The van der Waals surface area contributed by atoms with Gasteiger partial charge in [-0.05, 0) is 49.2 Å². The highest BCUT2D eigenvalue weighted by Gasteiger charge is 2.34. The predicted octanol–water partition coefficient (Wildman–Crippen LogP) is 3.20. The van der Waals surface area contributed by atoms with Crippen molar-refractivity contribution in [3.8, 4) is 5.75 Å². The minimum Gasteiger partial charge on any atom is -0.497 e. The fraction of sp³-hybridized carbons (Fsp3) is 0.400. The van der Waals surface area contributed by atoms with Crippen LogP contribution in [0.25, 0.3) is 0 Å². The van der Waals surface area contributed by atoms with Crippen molar-refractivity contribution in [3.63, 3.8) is 0 Å². The number of ether oxygens (including phenoxy) is 1. The molecular formula is C25H29N3O4. The average molecular weight is 436 g/mol. The Morgan fingerprint density at radius 3 is 2.06 bits per heavy atom. The molecule has 7 nitrogen and oxygen atoms in total. The first-order valence-electron chi connectivity index (χ1n) is 11.2. The van der Waals surface area contributed by atoms with Gasteiger partial charge in [0.2, 0.25) is 5.91 Å². The standard InChI is InChI=1S/C25H29N3O4/c1-32-20-12-10-19(11-13-20)26-15-17-27(18-16-26)23(29)9-3-2-6-14-28-24(30)21-7-4-5-8-22(21)25(28)31/h4-5,7-8,10-13H,2-3,6,9,14-18H2,1H3. The van der Waals surface area contributed by atoms with E-state index < -0.39 is 0 Å². The molecule has 0 atom stereocenters. The number of nitrogens with zero attached hydrogens (tertiary/aromatic N) is 3. The van der Waals surface area contributed by atoms with Crippen molar-refractivity contribution in [2.45, 2.75) is 25.7 Å². The molecule has 0 aliphatic carbocycles. The lowest BCUT2D eigenvalue weighted by molar-refractivity contribution is -0.131. The Morgan fingerprint density at radius 2 is 1.47 bits per heavy atom. The molecule has 1 fully saturated rings. The molecule has 2 aliphatic heterocycles. The Balaban J connectivity index is 1.15. The molecule has 0 saturated carbocycles. The summed E-state index contributed by atoms with van der Waals surface area (Å²) in [5.74, 6) is 0.596. The first-order valence-corrected chi connectivity index (χ1v) is 11.2. The Morgan fingerprint density at radius 1 is 0.844 bits per heavy atom. The van der Waals surface area contributed by atoms with Gasteiger partial charge in [-0.3, -0.25) is 19.3 Å². The number of methoxy groups -OCH3 is 1. The molecule has 2 aromatic carbocycles. The Hall–Kier alpha value is -3.35. The van der Waals surface area contributed by atoms with Crippen molar-refractivity contribution in [3.05, 3.63) is 59.7 Å². The van der Waals surface area contributed by atoms with Gasteiger partial charge in [0, 0.05) is 44.8 Å². The van der Waals surface area contributed by atoms with Gasteiger partial charge >= 0.3 is 0 Å². The number of anilines is 1. The van der Waals surface area contributed by atoms with Crippen LogP contribution in [0, 0.1) is 0 Å². The van der Waals surface area contributed by atoms with Gasteiger partial charge < -0.3 is 14.5 Å². The number of carbonyl (C=O) groups is 3. The Bertz CT molecular complexity index is 946. The van der Waals surface area contributed by atoms with Crippen LogP contribution in [0.1, 0.15) is 46.4 Å². The van der Waals surface area contributed by atoms with Gasteiger partial charge in [0.1, 0.15) is 5.75 Å². The summed E-state index contributed by atoms with van der Waals surface area (Å²) in [7, 11) is 1.66. The zero-order valence-electron chi connectivity index (χ0n) is 18.5. The maximum Gasteiger partial charge on any atom is 0.261 e. The number of carbonyl (C=O) groups excluding carboxylic acids is 3. The fourth-order valence-corrected chi connectivity index (χ4v) is 4.33. The van der Waals surface area contributed by atoms with E-state index in [1.165, 1.54) is 4.90 Å². The van der Waals surface area contributed by atoms with E-state index in [-0.39, 0.29) is 17.7 Å². The first kappa shape index (κ1) is 21.9. The largest absolute Gasteiger partial charge is 0.497 e. The first-order chi connectivity index (χ1) is 15.6. The number of fused-ring (bicyclic) bond motifs is 1. The molecule has 0 bridgehead atoms. The topological polar surface area (TPSA) is 70.2 Å². The van der Waals surface area contributed by atoms with Crippen molar-refractivity contribution in [2.24, 2.45) is 0 Å². The smallest absolute Gasteiger partial charge is 0.261 e. The molecule has 0 spiro atoms. The maximum absolute atomic E-state index is 12.6. The predicted molar refractivity (Wildman–Crippen MR) is 122 cm³/mol. The number of benzene rings is 2. The number of rotatable bonds is 8. The molecule has 2 heterocycles. The second-order valence-electron chi connectivity index (χ2n) is 8.18. The van der Waals surface area contributed by atoms with Crippen LogP contribution in [-0.2, 0) is 4.79 Å². The van der Waals surface area contributed by atoms with Crippen LogP contribution in [0.3, 0.4) is 0 Å². The molecule has 3 amide bonds. The second kappa shape index (κ2) is 9.85. The average Bonchev–Trinajstić information content (AvgIpc) is 3.09.